The molecule has 0 aliphatic rings. The van der Waals surface area contributed by atoms with Gasteiger partial charge in [0.05, 0.1) is 14.2 Å². The number of aliphatic imine (C=N–C) groups is 1. The number of hydrogen-bond acceptors (Lipinski definition) is 4. The van der Waals surface area contributed by atoms with Crippen LogP contribution in [-0.2, 0) is 12.8 Å². The number of methoxy groups -OCH3 is 2. The van der Waals surface area contributed by atoms with Crippen LogP contribution in [0.5, 0.6) is 17.2 Å². The van der Waals surface area contributed by atoms with Gasteiger partial charge in [-0.25, -0.2) is 0 Å². The highest BCUT2D eigenvalue weighted by Gasteiger charge is 2.05. The standard InChI is InChI=1S/C23H29N3O3.HI/c1-5-16-29-20-9-6-18(7-10-20)12-14-25-23(24-2)26-15-13-19-8-11-21(27-3)22(17-19)28-4;/h1,6-11,17H,12-16H2,2-4H3,(H2,24,25,26);1H. The number of benzene rings is 2. The summed E-state index contributed by atoms with van der Waals surface area (Å²) in [5.41, 5.74) is 2.38. The summed E-state index contributed by atoms with van der Waals surface area (Å²) in [5.74, 6) is 5.49. The van der Waals surface area contributed by atoms with Crippen molar-refractivity contribution in [1.29, 1.82) is 0 Å². The Morgan fingerprint density at radius 2 is 1.53 bits per heavy atom. The molecule has 0 radical (unpaired) electrons. The molecule has 0 aliphatic heterocycles. The summed E-state index contributed by atoms with van der Waals surface area (Å²) in [6.45, 7) is 1.82. The minimum atomic E-state index is 0. The minimum absolute atomic E-state index is 0. The summed E-state index contributed by atoms with van der Waals surface area (Å²) >= 11 is 0. The van der Waals surface area contributed by atoms with E-state index in [2.05, 4.69) is 21.5 Å². The van der Waals surface area contributed by atoms with Crippen molar-refractivity contribution in [2.75, 3.05) is 41.0 Å². The van der Waals surface area contributed by atoms with Gasteiger partial charge in [0.2, 0.25) is 0 Å². The monoisotopic (exact) mass is 523 g/mol. The van der Waals surface area contributed by atoms with Crippen LogP contribution in [0.2, 0.25) is 0 Å². The lowest BCUT2D eigenvalue weighted by atomic mass is 10.1. The topological polar surface area (TPSA) is 64.1 Å². The van der Waals surface area contributed by atoms with Crippen LogP contribution in [0, 0.1) is 12.3 Å². The van der Waals surface area contributed by atoms with Crippen molar-refractivity contribution in [2.45, 2.75) is 12.8 Å². The van der Waals surface area contributed by atoms with Gasteiger partial charge in [-0.05, 0) is 48.2 Å². The van der Waals surface area contributed by atoms with E-state index in [0.717, 1.165) is 54.7 Å². The fourth-order valence-corrected chi connectivity index (χ4v) is 2.78. The third-order valence-electron chi connectivity index (χ3n) is 4.33. The number of guanidine groups is 1. The van der Waals surface area contributed by atoms with E-state index in [0.29, 0.717) is 0 Å². The summed E-state index contributed by atoms with van der Waals surface area (Å²) in [7, 11) is 5.04. The molecule has 0 fully saturated rings. The summed E-state index contributed by atoms with van der Waals surface area (Å²) < 4.78 is 16.0. The van der Waals surface area contributed by atoms with Crippen molar-refractivity contribution < 1.29 is 14.2 Å². The van der Waals surface area contributed by atoms with E-state index in [-0.39, 0.29) is 30.6 Å². The fourth-order valence-electron chi connectivity index (χ4n) is 2.78. The molecule has 2 rings (SSSR count). The van der Waals surface area contributed by atoms with Gasteiger partial charge in [-0.3, -0.25) is 4.99 Å². The van der Waals surface area contributed by atoms with Crippen LogP contribution in [-0.4, -0.2) is 46.9 Å². The number of terminal acetylenes is 1. The normalized spacial score (nSPS) is 10.4. The van der Waals surface area contributed by atoms with Crippen molar-refractivity contribution in [3.8, 4) is 29.6 Å². The van der Waals surface area contributed by atoms with Crippen molar-refractivity contribution in [3.63, 3.8) is 0 Å². The molecule has 0 amide bonds. The first kappa shape index (κ1) is 25.4. The SMILES string of the molecule is C#CCOc1ccc(CCNC(=NC)NCCc2ccc(OC)c(OC)c2)cc1.I. The lowest BCUT2D eigenvalue weighted by Gasteiger charge is -2.13. The van der Waals surface area contributed by atoms with Crippen LogP contribution < -0.4 is 24.8 Å². The smallest absolute Gasteiger partial charge is 0.190 e. The number of hydrogen-bond donors (Lipinski definition) is 2. The summed E-state index contributed by atoms with van der Waals surface area (Å²) in [6.07, 6.45) is 6.92. The van der Waals surface area contributed by atoms with Crippen LogP contribution in [0.15, 0.2) is 47.5 Å². The molecule has 0 saturated carbocycles. The molecule has 0 atom stereocenters. The van der Waals surface area contributed by atoms with E-state index in [1.165, 1.54) is 5.56 Å². The quantitative estimate of drug-likeness (QED) is 0.217. The minimum Gasteiger partial charge on any atom is -0.493 e. The molecule has 0 saturated heterocycles. The molecule has 0 spiro atoms. The second-order valence-corrected chi connectivity index (χ2v) is 6.25. The number of nitrogens with zero attached hydrogens (tertiary/aromatic N) is 1. The van der Waals surface area contributed by atoms with Crippen LogP contribution in [0.3, 0.4) is 0 Å². The zero-order valence-electron chi connectivity index (χ0n) is 17.7. The van der Waals surface area contributed by atoms with Crippen LogP contribution >= 0.6 is 24.0 Å². The van der Waals surface area contributed by atoms with Crippen molar-refractivity contribution in [1.82, 2.24) is 10.6 Å². The molecule has 162 valence electrons. The van der Waals surface area contributed by atoms with E-state index in [1.54, 1.807) is 21.3 Å². The highest BCUT2D eigenvalue weighted by atomic mass is 127. The third kappa shape index (κ3) is 8.41. The highest BCUT2D eigenvalue weighted by molar-refractivity contribution is 14.0. The molecular formula is C23H30IN3O3. The molecule has 0 bridgehead atoms. The first-order valence-corrected chi connectivity index (χ1v) is 9.50. The average Bonchev–Trinajstić information content (AvgIpc) is 2.77. The van der Waals surface area contributed by atoms with E-state index < -0.39 is 0 Å². The van der Waals surface area contributed by atoms with E-state index in [1.807, 2.05) is 42.5 Å². The Morgan fingerprint density at radius 1 is 0.933 bits per heavy atom. The molecule has 6 nitrogen and oxygen atoms in total. The molecule has 2 aromatic rings. The number of ether oxygens (including phenoxy) is 3. The molecular weight excluding hydrogens is 493 g/mol. The Kier molecular flexibility index (Phi) is 12.2. The maximum atomic E-state index is 5.38. The summed E-state index contributed by atoms with van der Waals surface area (Å²) in [5, 5.41) is 6.66. The van der Waals surface area contributed by atoms with E-state index >= 15 is 0 Å². The van der Waals surface area contributed by atoms with Gasteiger partial charge in [-0.2, -0.15) is 0 Å². The van der Waals surface area contributed by atoms with Crippen LogP contribution in [0.1, 0.15) is 11.1 Å². The van der Waals surface area contributed by atoms with Gasteiger partial charge in [-0.15, -0.1) is 30.4 Å². The largest absolute Gasteiger partial charge is 0.493 e. The van der Waals surface area contributed by atoms with Gasteiger partial charge < -0.3 is 24.8 Å². The first-order chi connectivity index (χ1) is 14.2. The number of nitrogens with one attached hydrogen (secondary N) is 2. The molecule has 2 aromatic carbocycles. The lowest BCUT2D eigenvalue weighted by Crippen LogP contribution is -2.39. The molecule has 0 unspecified atom stereocenters. The third-order valence-corrected chi connectivity index (χ3v) is 4.33. The predicted molar refractivity (Wildman–Crippen MR) is 133 cm³/mol. The van der Waals surface area contributed by atoms with Gasteiger partial charge >= 0.3 is 0 Å². The Hall–Kier alpha value is -2.60. The Balaban J connectivity index is 0.00000450. The van der Waals surface area contributed by atoms with Gasteiger partial charge in [0, 0.05) is 20.1 Å². The Bertz CT molecular complexity index is 833. The lowest BCUT2D eigenvalue weighted by molar-refractivity contribution is 0.354. The maximum Gasteiger partial charge on any atom is 0.190 e. The summed E-state index contributed by atoms with van der Waals surface area (Å²) in [6, 6.07) is 13.9. The first-order valence-electron chi connectivity index (χ1n) is 9.50. The van der Waals surface area contributed by atoms with Gasteiger partial charge in [0.25, 0.3) is 0 Å². The Labute approximate surface area is 196 Å². The van der Waals surface area contributed by atoms with Crippen LogP contribution in [0.25, 0.3) is 0 Å². The zero-order valence-corrected chi connectivity index (χ0v) is 20.1. The molecule has 0 aliphatic carbocycles. The molecule has 0 aromatic heterocycles. The van der Waals surface area contributed by atoms with Crippen molar-refractivity contribution in [2.24, 2.45) is 4.99 Å². The van der Waals surface area contributed by atoms with Gasteiger partial charge in [-0.1, -0.05) is 24.1 Å². The number of rotatable bonds is 10. The zero-order chi connectivity index (χ0) is 20.9. The highest BCUT2D eigenvalue weighted by Crippen LogP contribution is 2.27. The van der Waals surface area contributed by atoms with E-state index in [4.69, 9.17) is 20.6 Å². The van der Waals surface area contributed by atoms with Gasteiger partial charge in [0.1, 0.15) is 12.4 Å². The molecule has 0 heterocycles. The molecule has 30 heavy (non-hydrogen) atoms. The molecule has 7 heteroatoms. The fraction of sp³-hybridized carbons (Fsp3) is 0.348. The van der Waals surface area contributed by atoms with Crippen molar-refractivity contribution in [3.05, 3.63) is 53.6 Å². The maximum absolute atomic E-state index is 5.38. The van der Waals surface area contributed by atoms with Gasteiger partial charge in [0.15, 0.2) is 17.5 Å². The average molecular weight is 523 g/mol. The second kappa shape index (κ2) is 14.4. The van der Waals surface area contributed by atoms with E-state index in [9.17, 15) is 0 Å². The number of halogens is 1. The van der Waals surface area contributed by atoms with Crippen molar-refractivity contribution >= 4 is 29.9 Å². The Morgan fingerprint density at radius 3 is 2.10 bits per heavy atom. The van der Waals surface area contributed by atoms with Crippen LogP contribution in [0.4, 0.5) is 0 Å². The molecule has 2 N–H and O–H groups in total. The second-order valence-electron chi connectivity index (χ2n) is 6.25. The summed E-state index contributed by atoms with van der Waals surface area (Å²) in [4.78, 5) is 4.27. The predicted octanol–water partition coefficient (Wildman–Crippen LogP) is 3.28.